The molecule has 7 nitrogen and oxygen atoms in total. The van der Waals surface area contributed by atoms with Gasteiger partial charge in [0.15, 0.2) is 11.5 Å². The zero-order valence-electron chi connectivity index (χ0n) is 9.51. The van der Waals surface area contributed by atoms with E-state index in [1.165, 1.54) is 6.07 Å². The molecule has 2 heterocycles. The van der Waals surface area contributed by atoms with Gasteiger partial charge in [-0.05, 0) is 19.1 Å². The van der Waals surface area contributed by atoms with Gasteiger partial charge < -0.3 is 11.1 Å². The minimum Gasteiger partial charge on any atom is -0.364 e. The molecule has 0 spiro atoms. The van der Waals surface area contributed by atoms with Gasteiger partial charge in [0, 0.05) is 13.2 Å². The van der Waals surface area contributed by atoms with Crippen LogP contribution in [0.1, 0.15) is 16.2 Å². The maximum absolute atomic E-state index is 10.8. The standard InChI is InChI=1S/C10H12N6O/c1-6-8(5-16(2)15-6)12-9-4-3-7(10(11)17)13-14-9/h3-5H,1-2H3,(H2,11,17)(H,12,14). The van der Waals surface area contributed by atoms with Gasteiger partial charge in [-0.25, -0.2) is 0 Å². The van der Waals surface area contributed by atoms with Crippen LogP contribution in [0.2, 0.25) is 0 Å². The number of anilines is 2. The zero-order valence-corrected chi connectivity index (χ0v) is 9.51. The maximum atomic E-state index is 10.8. The molecular weight excluding hydrogens is 220 g/mol. The summed E-state index contributed by atoms with van der Waals surface area (Å²) in [6.07, 6.45) is 1.83. The molecule has 0 aliphatic rings. The third-order valence-corrected chi connectivity index (χ3v) is 2.19. The molecule has 0 aromatic carbocycles. The van der Waals surface area contributed by atoms with Gasteiger partial charge in [-0.3, -0.25) is 9.48 Å². The van der Waals surface area contributed by atoms with E-state index in [0.29, 0.717) is 5.82 Å². The largest absolute Gasteiger partial charge is 0.364 e. The van der Waals surface area contributed by atoms with E-state index in [9.17, 15) is 4.79 Å². The third-order valence-electron chi connectivity index (χ3n) is 2.19. The molecular formula is C10H12N6O. The maximum Gasteiger partial charge on any atom is 0.269 e. The van der Waals surface area contributed by atoms with Crippen LogP contribution in [0.25, 0.3) is 0 Å². The van der Waals surface area contributed by atoms with Crippen LogP contribution in [0.3, 0.4) is 0 Å². The lowest BCUT2D eigenvalue weighted by Crippen LogP contribution is -2.13. The normalized spacial score (nSPS) is 10.2. The highest BCUT2D eigenvalue weighted by Crippen LogP contribution is 2.16. The van der Waals surface area contributed by atoms with Gasteiger partial charge in [0.2, 0.25) is 0 Å². The first-order valence-corrected chi connectivity index (χ1v) is 4.97. The molecule has 1 amide bonds. The summed E-state index contributed by atoms with van der Waals surface area (Å²) in [7, 11) is 1.83. The summed E-state index contributed by atoms with van der Waals surface area (Å²) in [4.78, 5) is 10.8. The topological polar surface area (TPSA) is 98.7 Å². The second-order valence-electron chi connectivity index (χ2n) is 3.59. The molecule has 17 heavy (non-hydrogen) atoms. The van der Waals surface area contributed by atoms with Crippen molar-refractivity contribution in [1.29, 1.82) is 0 Å². The van der Waals surface area contributed by atoms with Crippen LogP contribution < -0.4 is 11.1 Å². The number of nitrogens with zero attached hydrogens (tertiary/aromatic N) is 4. The molecule has 0 radical (unpaired) electrons. The van der Waals surface area contributed by atoms with E-state index >= 15 is 0 Å². The Labute approximate surface area is 97.6 Å². The second kappa shape index (κ2) is 4.20. The molecule has 0 saturated heterocycles. The molecule has 0 aliphatic carbocycles. The summed E-state index contributed by atoms with van der Waals surface area (Å²) in [5.74, 6) is -0.0623. The molecule has 0 atom stereocenters. The van der Waals surface area contributed by atoms with E-state index in [0.717, 1.165) is 11.4 Å². The van der Waals surface area contributed by atoms with Gasteiger partial charge in [0.1, 0.15) is 0 Å². The monoisotopic (exact) mass is 232 g/mol. The van der Waals surface area contributed by atoms with Crippen LogP contribution >= 0.6 is 0 Å². The average molecular weight is 232 g/mol. The highest BCUT2D eigenvalue weighted by molar-refractivity contribution is 5.90. The van der Waals surface area contributed by atoms with Crippen LogP contribution in [0, 0.1) is 6.92 Å². The number of hydrogen-bond donors (Lipinski definition) is 2. The fourth-order valence-corrected chi connectivity index (χ4v) is 1.39. The van der Waals surface area contributed by atoms with Gasteiger partial charge in [-0.1, -0.05) is 0 Å². The molecule has 0 bridgehead atoms. The molecule has 2 aromatic heterocycles. The Morgan fingerprint density at radius 2 is 2.18 bits per heavy atom. The van der Waals surface area contributed by atoms with Crippen molar-refractivity contribution in [3.63, 3.8) is 0 Å². The summed E-state index contributed by atoms with van der Waals surface area (Å²) < 4.78 is 1.70. The minimum atomic E-state index is -0.596. The van der Waals surface area contributed by atoms with Gasteiger partial charge in [-0.15, -0.1) is 10.2 Å². The number of amides is 1. The van der Waals surface area contributed by atoms with E-state index in [-0.39, 0.29) is 5.69 Å². The van der Waals surface area contributed by atoms with Crippen molar-refractivity contribution in [3.8, 4) is 0 Å². The highest BCUT2D eigenvalue weighted by atomic mass is 16.1. The number of aryl methyl sites for hydroxylation is 2. The molecule has 0 aliphatic heterocycles. The Morgan fingerprint density at radius 1 is 1.41 bits per heavy atom. The number of aromatic nitrogens is 4. The van der Waals surface area contributed by atoms with Crippen molar-refractivity contribution in [2.24, 2.45) is 12.8 Å². The summed E-state index contributed by atoms with van der Waals surface area (Å²) in [5, 5.41) is 14.8. The number of nitrogens with one attached hydrogen (secondary N) is 1. The number of primary amides is 1. The predicted molar refractivity (Wildman–Crippen MR) is 61.8 cm³/mol. The van der Waals surface area contributed by atoms with Gasteiger partial charge in [0.05, 0.1) is 11.4 Å². The quantitative estimate of drug-likeness (QED) is 0.796. The Kier molecular flexibility index (Phi) is 2.73. The minimum absolute atomic E-state index is 0.137. The molecule has 0 fully saturated rings. The fourth-order valence-electron chi connectivity index (χ4n) is 1.39. The fraction of sp³-hybridized carbons (Fsp3) is 0.200. The van der Waals surface area contributed by atoms with E-state index in [1.54, 1.807) is 10.7 Å². The summed E-state index contributed by atoms with van der Waals surface area (Å²) >= 11 is 0. The lowest BCUT2D eigenvalue weighted by Gasteiger charge is -2.02. The van der Waals surface area contributed by atoms with Crippen LogP contribution in [0.5, 0.6) is 0 Å². The van der Waals surface area contributed by atoms with E-state index < -0.39 is 5.91 Å². The first-order chi connectivity index (χ1) is 8.06. The third kappa shape index (κ3) is 2.39. The van der Waals surface area contributed by atoms with Gasteiger partial charge >= 0.3 is 0 Å². The summed E-state index contributed by atoms with van der Waals surface area (Å²) in [6, 6.07) is 3.16. The Balaban J connectivity index is 2.19. The van der Waals surface area contributed by atoms with Crippen molar-refractivity contribution in [1.82, 2.24) is 20.0 Å². The van der Waals surface area contributed by atoms with Gasteiger partial charge in [0.25, 0.3) is 5.91 Å². The zero-order chi connectivity index (χ0) is 12.4. The Bertz CT molecular complexity index is 544. The molecule has 0 unspecified atom stereocenters. The summed E-state index contributed by atoms with van der Waals surface area (Å²) in [6.45, 7) is 1.88. The van der Waals surface area contributed by atoms with Crippen LogP contribution in [-0.2, 0) is 7.05 Å². The molecule has 0 saturated carbocycles. The number of hydrogen-bond acceptors (Lipinski definition) is 5. The summed E-state index contributed by atoms with van der Waals surface area (Å²) in [5.41, 5.74) is 6.90. The van der Waals surface area contributed by atoms with Gasteiger partial charge in [-0.2, -0.15) is 5.10 Å². The molecule has 88 valence electrons. The van der Waals surface area contributed by atoms with Crippen molar-refractivity contribution < 1.29 is 4.79 Å². The lowest BCUT2D eigenvalue weighted by atomic mass is 10.3. The Morgan fingerprint density at radius 3 is 2.65 bits per heavy atom. The Hall–Kier alpha value is -2.44. The molecule has 2 aromatic rings. The smallest absolute Gasteiger partial charge is 0.269 e. The first kappa shape index (κ1) is 11.1. The second-order valence-corrected chi connectivity index (χ2v) is 3.59. The van der Waals surface area contributed by atoms with E-state index in [2.05, 4.69) is 20.6 Å². The van der Waals surface area contributed by atoms with E-state index in [4.69, 9.17) is 5.73 Å². The number of carbonyl (C=O) groups is 1. The molecule has 7 heteroatoms. The first-order valence-electron chi connectivity index (χ1n) is 4.97. The molecule has 3 N–H and O–H groups in total. The number of rotatable bonds is 3. The number of nitrogens with two attached hydrogens (primary N) is 1. The average Bonchev–Trinajstić information content (AvgIpc) is 2.58. The highest BCUT2D eigenvalue weighted by Gasteiger charge is 2.06. The van der Waals surface area contributed by atoms with Crippen LogP contribution in [0.15, 0.2) is 18.3 Å². The van der Waals surface area contributed by atoms with Crippen molar-refractivity contribution in [2.45, 2.75) is 6.92 Å². The SMILES string of the molecule is Cc1nn(C)cc1Nc1ccc(C(N)=O)nn1. The van der Waals surface area contributed by atoms with Crippen LogP contribution in [0.4, 0.5) is 11.5 Å². The van der Waals surface area contributed by atoms with Crippen molar-refractivity contribution in [3.05, 3.63) is 29.7 Å². The number of carbonyl (C=O) groups excluding carboxylic acids is 1. The predicted octanol–water partition coefficient (Wildman–Crippen LogP) is 0.361. The molecule has 2 rings (SSSR count). The lowest BCUT2D eigenvalue weighted by molar-refractivity contribution is 0.0994. The van der Waals surface area contributed by atoms with E-state index in [1.807, 2.05) is 20.2 Å². The van der Waals surface area contributed by atoms with Crippen molar-refractivity contribution in [2.75, 3.05) is 5.32 Å². The van der Waals surface area contributed by atoms with Crippen LogP contribution in [-0.4, -0.2) is 25.9 Å². The van der Waals surface area contributed by atoms with Crippen molar-refractivity contribution >= 4 is 17.4 Å².